The van der Waals surface area contributed by atoms with Gasteiger partial charge in [0.1, 0.15) is 11.4 Å². The minimum atomic E-state index is -4.64. The maximum atomic E-state index is 13.5. The van der Waals surface area contributed by atoms with E-state index in [0.717, 1.165) is 0 Å². The Hall–Kier alpha value is -2.36. The zero-order valence-electron chi connectivity index (χ0n) is 13.8. The maximum Gasteiger partial charge on any atom is 0.422 e. The van der Waals surface area contributed by atoms with Crippen LogP contribution in [0.15, 0.2) is 6.20 Å². The molecule has 3 N–H and O–H groups in total. The summed E-state index contributed by atoms with van der Waals surface area (Å²) in [7, 11) is 2.89. The molecule has 0 amide bonds. The molecule has 0 fully saturated rings. The molecule has 0 aliphatic rings. The van der Waals surface area contributed by atoms with Crippen LogP contribution < -0.4 is 11.1 Å². The van der Waals surface area contributed by atoms with Crippen LogP contribution >= 0.6 is 0 Å². The van der Waals surface area contributed by atoms with Crippen LogP contribution in [0.25, 0.3) is 11.3 Å². The minimum Gasteiger partial charge on any atom is -0.380 e. The molecule has 2 aromatic heterocycles. The van der Waals surface area contributed by atoms with Crippen molar-refractivity contribution in [1.29, 1.82) is 0 Å². The van der Waals surface area contributed by atoms with Crippen molar-refractivity contribution in [1.82, 2.24) is 19.7 Å². The highest BCUT2D eigenvalue weighted by molar-refractivity contribution is 5.72. The molecule has 0 saturated carbocycles. The van der Waals surface area contributed by atoms with Gasteiger partial charge in [0, 0.05) is 25.9 Å². The number of nitrogens with two attached hydrogens (primary N) is 1. The number of hydrogen-bond donors (Lipinski definition) is 2. The molecule has 0 aliphatic heterocycles. The summed E-state index contributed by atoms with van der Waals surface area (Å²) in [5.74, 6) is -0.623. The van der Waals surface area contributed by atoms with Gasteiger partial charge in [-0.05, 0) is 13.8 Å². The average Bonchev–Trinajstić information content (AvgIpc) is 2.85. The van der Waals surface area contributed by atoms with Crippen molar-refractivity contribution in [2.24, 2.45) is 0 Å². The molecule has 2 heterocycles. The topological polar surface area (TPSA) is 90.9 Å². The molecule has 2 aromatic rings. The van der Waals surface area contributed by atoms with Gasteiger partial charge in [-0.25, -0.2) is 4.98 Å². The fourth-order valence-electron chi connectivity index (χ4n) is 2.30. The van der Waals surface area contributed by atoms with E-state index < -0.39 is 11.7 Å². The molecule has 1 atom stereocenters. The average molecular weight is 344 g/mol. The van der Waals surface area contributed by atoms with Gasteiger partial charge in [-0.15, -0.1) is 0 Å². The van der Waals surface area contributed by atoms with Gasteiger partial charge < -0.3 is 15.8 Å². The molecule has 0 aliphatic carbocycles. The number of alkyl halides is 3. The number of methoxy groups -OCH3 is 1. The number of ether oxygens (including phenoxy) is 1. The predicted octanol–water partition coefficient (Wildman–Crippen LogP) is 2.33. The fourth-order valence-corrected chi connectivity index (χ4v) is 2.30. The third kappa shape index (κ3) is 3.58. The SMILES string of the molecule is CNc1nc(N)nc(-c2cn(C[C@@H](C)OC)nc2C)c1C(F)(F)F. The van der Waals surface area contributed by atoms with Gasteiger partial charge in [-0.3, -0.25) is 4.68 Å². The van der Waals surface area contributed by atoms with Crippen LogP contribution in [0.3, 0.4) is 0 Å². The molecule has 0 spiro atoms. The van der Waals surface area contributed by atoms with E-state index in [2.05, 4.69) is 20.4 Å². The Morgan fingerprint density at radius 1 is 1.38 bits per heavy atom. The number of anilines is 2. The summed E-state index contributed by atoms with van der Waals surface area (Å²) in [6.07, 6.45) is -3.28. The summed E-state index contributed by atoms with van der Waals surface area (Å²) in [6, 6.07) is 0. The van der Waals surface area contributed by atoms with Crippen LogP contribution in [-0.2, 0) is 17.5 Å². The molecule has 132 valence electrons. The van der Waals surface area contributed by atoms with Crippen LogP contribution in [0.4, 0.5) is 24.9 Å². The summed E-state index contributed by atoms with van der Waals surface area (Å²) in [5, 5.41) is 6.65. The van der Waals surface area contributed by atoms with Crippen molar-refractivity contribution < 1.29 is 17.9 Å². The van der Waals surface area contributed by atoms with Gasteiger partial charge in [0.05, 0.1) is 24.0 Å². The number of nitrogens with one attached hydrogen (secondary N) is 1. The van der Waals surface area contributed by atoms with Gasteiger partial charge in [-0.2, -0.15) is 23.3 Å². The lowest BCUT2D eigenvalue weighted by Gasteiger charge is -2.15. The van der Waals surface area contributed by atoms with Crippen LogP contribution in [0.5, 0.6) is 0 Å². The second-order valence-corrected chi connectivity index (χ2v) is 5.30. The second-order valence-electron chi connectivity index (χ2n) is 5.30. The molecule has 0 saturated heterocycles. The molecule has 7 nitrogen and oxygen atoms in total. The number of hydrogen-bond acceptors (Lipinski definition) is 6. The highest BCUT2D eigenvalue weighted by atomic mass is 19.4. The van der Waals surface area contributed by atoms with E-state index in [0.29, 0.717) is 12.2 Å². The Kier molecular flexibility index (Phi) is 4.97. The van der Waals surface area contributed by atoms with Crippen molar-refractivity contribution >= 4 is 11.8 Å². The molecule has 0 unspecified atom stereocenters. The van der Waals surface area contributed by atoms with Crippen LogP contribution in [0.1, 0.15) is 18.2 Å². The Bertz CT molecular complexity index is 728. The number of nitrogen functional groups attached to an aromatic ring is 1. The van der Waals surface area contributed by atoms with Gasteiger partial charge in [-0.1, -0.05) is 0 Å². The van der Waals surface area contributed by atoms with Gasteiger partial charge in [0.15, 0.2) is 0 Å². The Labute approximate surface area is 137 Å². The van der Waals surface area contributed by atoms with Crippen molar-refractivity contribution in [2.75, 3.05) is 25.2 Å². The van der Waals surface area contributed by atoms with Crippen LogP contribution in [0, 0.1) is 6.92 Å². The Balaban J connectivity index is 2.62. The van der Waals surface area contributed by atoms with Gasteiger partial charge in [0.25, 0.3) is 0 Å². The summed E-state index contributed by atoms with van der Waals surface area (Å²) >= 11 is 0. The van der Waals surface area contributed by atoms with Crippen molar-refractivity contribution in [3.63, 3.8) is 0 Å². The third-order valence-corrected chi connectivity index (χ3v) is 3.49. The fraction of sp³-hybridized carbons (Fsp3) is 0.500. The van der Waals surface area contributed by atoms with Crippen molar-refractivity contribution in [2.45, 2.75) is 32.7 Å². The lowest BCUT2D eigenvalue weighted by Crippen LogP contribution is -2.16. The van der Waals surface area contributed by atoms with Crippen LogP contribution in [0.2, 0.25) is 0 Å². The number of rotatable bonds is 5. The molecule has 0 aromatic carbocycles. The standard InChI is InChI=1S/C14H19F3N6O/c1-7(24-4)5-23-6-9(8(2)22-23)11-10(14(15,16)17)12(19-3)21-13(18)20-11/h6-7H,5H2,1-4H3,(H3,18,19,20,21)/t7-/m1/s1. The highest BCUT2D eigenvalue weighted by Crippen LogP contribution is 2.41. The molecule has 2 rings (SSSR count). The second kappa shape index (κ2) is 6.63. The summed E-state index contributed by atoms with van der Waals surface area (Å²) in [6.45, 7) is 3.85. The molecular weight excluding hydrogens is 325 g/mol. The van der Waals surface area contributed by atoms with Crippen molar-refractivity contribution in [3.05, 3.63) is 17.5 Å². The maximum absolute atomic E-state index is 13.5. The summed E-state index contributed by atoms with van der Waals surface area (Å²) < 4.78 is 47.2. The zero-order valence-corrected chi connectivity index (χ0v) is 13.8. The normalized spacial score (nSPS) is 13.1. The lowest BCUT2D eigenvalue weighted by molar-refractivity contribution is -0.136. The van der Waals surface area contributed by atoms with E-state index in [1.165, 1.54) is 17.9 Å². The summed E-state index contributed by atoms with van der Waals surface area (Å²) in [5.41, 5.74) is 4.95. The van der Waals surface area contributed by atoms with E-state index >= 15 is 0 Å². The molecular formula is C14H19F3N6O. The molecule has 0 radical (unpaired) electrons. The van der Waals surface area contributed by atoms with Crippen LogP contribution in [-0.4, -0.2) is 40.0 Å². The number of aryl methyl sites for hydroxylation is 1. The third-order valence-electron chi connectivity index (χ3n) is 3.49. The molecule has 0 bridgehead atoms. The molecule has 10 heteroatoms. The minimum absolute atomic E-state index is 0.137. The largest absolute Gasteiger partial charge is 0.422 e. The summed E-state index contributed by atoms with van der Waals surface area (Å²) in [4.78, 5) is 7.44. The highest BCUT2D eigenvalue weighted by Gasteiger charge is 2.39. The predicted molar refractivity (Wildman–Crippen MR) is 83.4 cm³/mol. The monoisotopic (exact) mass is 344 g/mol. The smallest absolute Gasteiger partial charge is 0.380 e. The number of halogens is 3. The lowest BCUT2D eigenvalue weighted by atomic mass is 10.1. The first kappa shape index (κ1) is 18.0. The van der Waals surface area contributed by atoms with Crippen molar-refractivity contribution in [3.8, 4) is 11.3 Å². The number of aromatic nitrogens is 4. The first-order chi connectivity index (χ1) is 11.2. The Morgan fingerprint density at radius 3 is 2.58 bits per heavy atom. The quantitative estimate of drug-likeness (QED) is 0.865. The van der Waals surface area contributed by atoms with E-state index in [1.807, 2.05) is 6.92 Å². The zero-order chi connectivity index (χ0) is 18.1. The van der Waals surface area contributed by atoms with E-state index in [4.69, 9.17) is 10.5 Å². The number of nitrogens with zero attached hydrogens (tertiary/aromatic N) is 4. The molecule has 24 heavy (non-hydrogen) atoms. The van der Waals surface area contributed by atoms with Gasteiger partial charge >= 0.3 is 6.18 Å². The van der Waals surface area contributed by atoms with Gasteiger partial charge in [0.2, 0.25) is 5.95 Å². The first-order valence-electron chi connectivity index (χ1n) is 7.17. The first-order valence-corrected chi connectivity index (χ1v) is 7.17. The van der Waals surface area contributed by atoms with E-state index in [1.54, 1.807) is 14.0 Å². The Morgan fingerprint density at radius 2 is 2.04 bits per heavy atom. The van der Waals surface area contributed by atoms with E-state index in [9.17, 15) is 13.2 Å². The van der Waals surface area contributed by atoms with E-state index in [-0.39, 0.29) is 29.1 Å².